The second kappa shape index (κ2) is 12.7. The molecule has 3 aromatic heterocycles. The molecule has 1 aliphatic carbocycles. The zero-order chi connectivity index (χ0) is 33.5. The molecule has 4 N–H and O–H groups in total. The number of hydrogen-bond donors (Lipinski definition) is 4. The Morgan fingerprint density at radius 3 is 2.55 bits per heavy atom. The smallest absolute Gasteiger partial charge is 0.324 e. The summed E-state index contributed by atoms with van der Waals surface area (Å²) in [4.78, 5) is 45.8. The summed E-state index contributed by atoms with van der Waals surface area (Å²) < 4.78 is 11.2. The number of nitrogens with zero attached hydrogens (tertiary/aromatic N) is 3. The number of fused-ring (bicyclic) bond motifs is 2. The first-order valence-electron chi connectivity index (χ1n) is 15.8. The number of carbonyl (C=O) groups is 3. The number of aliphatic hydroxyl groups excluding tert-OH is 1. The molecule has 12 nitrogen and oxygen atoms in total. The van der Waals surface area contributed by atoms with Crippen LogP contribution in [0.25, 0.3) is 22.6 Å². The molecule has 3 amide bonds. The van der Waals surface area contributed by atoms with E-state index in [1.54, 1.807) is 48.6 Å². The number of urea groups is 1. The van der Waals surface area contributed by atoms with E-state index in [1.165, 1.54) is 0 Å². The van der Waals surface area contributed by atoms with Crippen LogP contribution in [0.5, 0.6) is 0 Å². The van der Waals surface area contributed by atoms with E-state index in [1.807, 2.05) is 45.6 Å². The van der Waals surface area contributed by atoms with Crippen molar-refractivity contribution in [2.45, 2.75) is 46.1 Å². The van der Waals surface area contributed by atoms with Crippen molar-refractivity contribution in [2.75, 3.05) is 43.4 Å². The van der Waals surface area contributed by atoms with E-state index in [-0.39, 0.29) is 28.8 Å². The molecule has 2 aliphatic rings. The lowest BCUT2D eigenvalue weighted by Gasteiger charge is -2.36. The first-order chi connectivity index (χ1) is 22.4. The zero-order valence-corrected chi connectivity index (χ0v) is 27.2. The fraction of sp³-hybridized carbons (Fsp3) is 0.371. The van der Waals surface area contributed by atoms with Crippen molar-refractivity contribution < 1.29 is 28.4 Å². The predicted molar refractivity (Wildman–Crippen MR) is 178 cm³/mol. The quantitative estimate of drug-likeness (QED) is 0.176. The first-order valence-corrected chi connectivity index (χ1v) is 15.8. The molecule has 0 saturated carbocycles. The molecule has 1 saturated heterocycles. The van der Waals surface area contributed by atoms with Crippen LogP contribution in [0.4, 0.5) is 16.3 Å². The summed E-state index contributed by atoms with van der Waals surface area (Å²) in [6, 6.07) is 9.73. The molecule has 2 atom stereocenters. The topological polar surface area (TPSA) is 157 Å². The van der Waals surface area contributed by atoms with Gasteiger partial charge in [-0.1, -0.05) is 45.0 Å². The fourth-order valence-corrected chi connectivity index (χ4v) is 5.95. The predicted octanol–water partition coefficient (Wildman–Crippen LogP) is 3.58. The van der Waals surface area contributed by atoms with E-state index in [2.05, 4.69) is 25.7 Å². The largest absolute Gasteiger partial charge is 0.453 e. The zero-order valence-electron chi connectivity index (χ0n) is 27.2. The first kappa shape index (κ1) is 32.0. The van der Waals surface area contributed by atoms with E-state index >= 15 is 0 Å². The van der Waals surface area contributed by atoms with Gasteiger partial charge in [-0.25, -0.2) is 4.79 Å². The van der Waals surface area contributed by atoms with Crippen molar-refractivity contribution in [1.82, 2.24) is 19.9 Å². The van der Waals surface area contributed by atoms with Crippen LogP contribution >= 0.6 is 0 Å². The highest BCUT2D eigenvalue weighted by Crippen LogP contribution is 2.26. The fourth-order valence-electron chi connectivity index (χ4n) is 5.95. The van der Waals surface area contributed by atoms with Crippen LogP contribution in [0.2, 0.25) is 0 Å². The van der Waals surface area contributed by atoms with Crippen LogP contribution in [0.15, 0.2) is 57.5 Å². The monoisotopic (exact) mass is 640 g/mol. The maximum Gasteiger partial charge on any atom is 0.324 e. The Hall–Kier alpha value is -4.94. The molecular weight excluding hydrogens is 600 g/mol. The number of aromatic amines is 1. The van der Waals surface area contributed by atoms with Gasteiger partial charge in [0, 0.05) is 71.8 Å². The number of nitrogens with one attached hydrogen (secondary N) is 3. The Labute approximate surface area is 271 Å². The van der Waals surface area contributed by atoms with E-state index in [9.17, 15) is 19.5 Å². The van der Waals surface area contributed by atoms with E-state index in [4.69, 9.17) is 8.94 Å². The highest BCUT2D eigenvalue weighted by Gasteiger charge is 2.28. The van der Waals surface area contributed by atoms with Crippen LogP contribution in [0.1, 0.15) is 56.6 Å². The van der Waals surface area contributed by atoms with E-state index in [0.717, 1.165) is 16.1 Å². The van der Waals surface area contributed by atoms with Gasteiger partial charge in [0.2, 0.25) is 11.7 Å². The van der Waals surface area contributed by atoms with Gasteiger partial charge in [0.05, 0.1) is 11.8 Å². The lowest BCUT2D eigenvalue weighted by Crippen LogP contribution is -2.50. The number of ketones is 1. The number of H-pyrrole nitrogens is 1. The van der Waals surface area contributed by atoms with Gasteiger partial charge in [-0.05, 0) is 48.9 Å². The maximum atomic E-state index is 13.6. The molecule has 1 aliphatic heterocycles. The summed E-state index contributed by atoms with van der Waals surface area (Å²) in [5, 5.41) is 22.8. The third-order valence-electron chi connectivity index (χ3n) is 8.60. The Morgan fingerprint density at radius 1 is 1.09 bits per heavy atom. The number of allylic oxidation sites excluding steroid dienone is 1. The summed E-state index contributed by atoms with van der Waals surface area (Å²) in [6.45, 7) is 12.9. The van der Waals surface area contributed by atoms with Crippen molar-refractivity contribution >= 4 is 51.8 Å². The summed E-state index contributed by atoms with van der Waals surface area (Å²) in [7, 11) is 0. The number of furan rings is 1. The number of anilines is 2. The molecule has 0 radical (unpaired) electrons. The normalized spacial score (nSPS) is 18.8. The Kier molecular flexibility index (Phi) is 8.64. The Balaban J connectivity index is 1.18. The SMILES string of the molecule is C/C=C/C(=O)N1CCN(CC2=c3cc(C(=O)c4cc5cc(NC(=O)Nc6cc(C(C)(C)C)on6)ccc5o4)[nH]c3=CC(C)C2O)CC1. The van der Waals surface area contributed by atoms with Crippen LogP contribution in [0.3, 0.4) is 0 Å². The van der Waals surface area contributed by atoms with Gasteiger partial charge >= 0.3 is 6.03 Å². The number of amides is 3. The Bertz CT molecular complexity index is 1990. The van der Waals surface area contributed by atoms with Crippen molar-refractivity contribution in [3.8, 4) is 0 Å². The van der Waals surface area contributed by atoms with Gasteiger partial charge in [0.15, 0.2) is 11.6 Å². The van der Waals surface area contributed by atoms with Crippen LogP contribution in [-0.2, 0) is 10.2 Å². The van der Waals surface area contributed by atoms with Gasteiger partial charge in [0.25, 0.3) is 0 Å². The minimum atomic E-state index is -0.692. The van der Waals surface area contributed by atoms with Crippen molar-refractivity contribution in [3.63, 3.8) is 0 Å². The summed E-state index contributed by atoms with van der Waals surface area (Å²) >= 11 is 0. The number of rotatable bonds is 7. The van der Waals surface area contributed by atoms with Crippen molar-refractivity contribution in [3.05, 3.63) is 76.3 Å². The summed E-state index contributed by atoms with van der Waals surface area (Å²) in [6.07, 6.45) is 4.58. The number of aromatic nitrogens is 2. The second-order valence-electron chi connectivity index (χ2n) is 13.2. The number of aliphatic hydroxyl groups is 1. The van der Waals surface area contributed by atoms with Gasteiger partial charge in [-0.2, -0.15) is 0 Å². The molecule has 6 rings (SSSR count). The van der Waals surface area contributed by atoms with Crippen LogP contribution in [-0.4, -0.2) is 81.6 Å². The number of benzene rings is 1. The van der Waals surface area contributed by atoms with E-state index in [0.29, 0.717) is 66.7 Å². The lowest BCUT2D eigenvalue weighted by molar-refractivity contribution is -0.127. The molecule has 4 heterocycles. The minimum Gasteiger partial charge on any atom is -0.453 e. The molecule has 1 fully saturated rings. The third-order valence-corrected chi connectivity index (χ3v) is 8.60. The molecule has 1 aromatic carbocycles. The van der Waals surface area contributed by atoms with Crippen LogP contribution in [0, 0.1) is 5.92 Å². The molecule has 47 heavy (non-hydrogen) atoms. The average molecular weight is 641 g/mol. The van der Waals surface area contributed by atoms with Gasteiger partial charge in [-0.15, -0.1) is 0 Å². The Morgan fingerprint density at radius 2 is 1.85 bits per heavy atom. The highest BCUT2D eigenvalue weighted by molar-refractivity contribution is 6.08. The van der Waals surface area contributed by atoms with Crippen molar-refractivity contribution in [2.24, 2.45) is 5.92 Å². The lowest BCUT2D eigenvalue weighted by atomic mass is 9.91. The molecule has 4 aromatic rings. The van der Waals surface area contributed by atoms with E-state index < -0.39 is 12.1 Å². The number of carbonyl (C=O) groups excluding carboxylic acids is 3. The number of hydrogen-bond acceptors (Lipinski definition) is 8. The van der Waals surface area contributed by atoms with Gasteiger partial charge < -0.3 is 29.2 Å². The molecule has 246 valence electrons. The molecule has 0 bridgehead atoms. The standard InChI is InChI=1S/C35H40N6O6/c1-6-7-31(42)41-12-10-40(11-13-41)19-24-23-17-26(37-25(23)14-20(2)32(24)43)33(44)28-16-21-15-22(8-9-27(21)46-28)36-34(45)38-30-18-29(47-39-30)35(3,4)5/h6-9,14-18,20,32,37,43H,10-13,19H2,1-5H3,(H2,36,38,39,45)/b7-6+. The van der Waals surface area contributed by atoms with Crippen molar-refractivity contribution in [1.29, 1.82) is 0 Å². The minimum absolute atomic E-state index is 0.0121. The van der Waals surface area contributed by atoms with Gasteiger partial charge in [0.1, 0.15) is 11.3 Å². The second-order valence-corrected chi connectivity index (χ2v) is 13.2. The molecule has 0 spiro atoms. The third kappa shape index (κ3) is 6.79. The molecule has 2 unspecified atom stereocenters. The number of piperazine rings is 1. The van der Waals surface area contributed by atoms with Gasteiger partial charge in [-0.3, -0.25) is 19.8 Å². The summed E-state index contributed by atoms with van der Waals surface area (Å²) in [5.74, 6) is 0.647. The van der Waals surface area contributed by atoms with Crippen LogP contribution < -0.4 is 21.2 Å². The average Bonchev–Trinajstić information content (AvgIpc) is 3.78. The summed E-state index contributed by atoms with van der Waals surface area (Å²) in [5.41, 5.74) is 1.96. The highest BCUT2D eigenvalue weighted by atomic mass is 16.5. The molecular formula is C35H40N6O6. The maximum absolute atomic E-state index is 13.6. The molecule has 12 heteroatoms.